The van der Waals surface area contributed by atoms with Crippen molar-refractivity contribution in [1.82, 2.24) is 0 Å². The minimum atomic E-state index is -1.82. The fraction of sp³-hybridized carbons (Fsp3) is 0.700. The Morgan fingerprint density at radius 3 is 2.69 bits per heavy atom. The lowest BCUT2D eigenvalue weighted by Crippen LogP contribution is -2.46. The summed E-state index contributed by atoms with van der Waals surface area (Å²) in [5.74, 6) is 2.08. The highest BCUT2D eigenvalue weighted by Crippen LogP contribution is 2.62. The summed E-state index contributed by atoms with van der Waals surface area (Å²) >= 11 is 17.4. The molecule has 3 aliphatic rings. The zero-order valence-electron chi connectivity index (χ0n) is 14.8. The molecule has 0 spiro atoms. The van der Waals surface area contributed by atoms with E-state index in [0.717, 1.165) is 38.5 Å². The molecule has 2 N–H and O–H groups in total. The fourth-order valence-electron chi connectivity index (χ4n) is 5.98. The highest BCUT2D eigenvalue weighted by atomic mass is 35.6. The molecule has 4 rings (SSSR count). The molecule has 0 aliphatic heterocycles. The van der Waals surface area contributed by atoms with E-state index in [1.54, 1.807) is 0 Å². The molecule has 2 saturated carbocycles. The van der Waals surface area contributed by atoms with Crippen LogP contribution in [0.15, 0.2) is 18.2 Å². The molecule has 26 heavy (non-hydrogen) atoms. The summed E-state index contributed by atoms with van der Waals surface area (Å²) in [6, 6.07) is 5.85. The van der Waals surface area contributed by atoms with E-state index in [2.05, 4.69) is 13.0 Å². The Hall–Kier alpha value is -0.190. The van der Waals surface area contributed by atoms with Gasteiger partial charge in [-0.2, -0.15) is 0 Å². The van der Waals surface area contributed by atoms with E-state index in [1.807, 2.05) is 12.1 Å². The average Bonchev–Trinajstić information content (AvgIpc) is 2.90. The number of aryl methyl sites for hydroxylation is 1. The maximum Gasteiger partial charge on any atom is 0.240 e. The predicted molar refractivity (Wildman–Crippen MR) is 104 cm³/mol. The Morgan fingerprint density at radius 2 is 1.96 bits per heavy atom. The normalized spacial score (nSPS) is 37.6. The summed E-state index contributed by atoms with van der Waals surface area (Å²) in [7, 11) is 0. The van der Waals surface area contributed by atoms with Crippen LogP contribution in [-0.2, 0) is 11.2 Å². The number of aliphatic hydroxyl groups excluding tert-OH is 1. The monoisotopic (exact) mass is 418 g/mol. The van der Waals surface area contributed by atoms with E-state index in [9.17, 15) is 10.2 Å². The third kappa shape index (κ3) is 3.14. The quantitative estimate of drug-likeness (QED) is 0.503. The molecule has 1 aromatic rings. The Kier molecular flexibility index (Phi) is 4.93. The number of aromatic hydroxyl groups is 1. The van der Waals surface area contributed by atoms with Gasteiger partial charge >= 0.3 is 0 Å². The van der Waals surface area contributed by atoms with Gasteiger partial charge in [0.2, 0.25) is 10.1 Å². The molecule has 0 aromatic heterocycles. The van der Waals surface area contributed by atoms with Crippen LogP contribution in [0.3, 0.4) is 0 Å². The van der Waals surface area contributed by atoms with Crippen molar-refractivity contribution in [1.29, 1.82) is 0 Å². The minimum absolute atomic E-state index is 0.00643. The van der Waals surface area contributed by atoms with Crippen molar-refractivity contribution in [2.24, 2.45) is 17.3 Å². The van der Waals surface area contributed by atoms with E-state index >= 15 is 0 Å². The van der Waals surface area contributed by atoms with Crippen LogP contribution >= 0.6 is 34.8 Å². The van der Waals surface area contributed by atoms with Crippen molar-refractivity contribution in [3.05, 3.63) is 29.3 Å². The summed E-state index contributed by atoms with van der Waals surface area (Å²) < 4.78 is 4.02. The van der Waals surface area contributed by atoms with Crippen molar-refractivity contribution in [2.75, 3.05) is 0 Å². The smallest absolute Gasteiger partial charge is 0.240 e. The summed E-state index contributed by atoms with van der Waals surface area (Å²) in [5.41, 5.74) is 2.71. The highest BCUT2D eigenvalue weighted by molar-refractivity contribution is 6.67. The summed E-state index contributed by atoms with van der Waals surface area (Å²) in [4.78, 5) is 0. The van der Waals surface area contributed by atoms with Crippen molar-refractivity contribution >= 4 is 34.8 Å². The Balaban J connectivity index is 1.56. The first-order chi connectivity index (χ1) is 12.2. The summed E-state index contributed by atoms with van der Waals surface area (Å²) in [6.07, 6.45) is 4.78. The molecule has 1 aromatic carbocycles. The Morgan fingerprint density at radius 1 is 1.19 bits per heavy atom. The van der Waals surface area contributed by atoms with Gasteiger partial charge in [-0.1, -0.05) is 47.8 Å². The third-order valence-electron chi connectivity index (χ3n) is 7.20. The van der Waals surface area contributed by atoms with E-state index in [1.165, 1.54) is 11.1 Å². The van der Waals surface area contributed by atoms with Crippen LogP contribution in [0.5, 0.6) is 5.75 Å². The first kappa shape index (κ1) is 19.1. The largest absolute Gasteiger partial charge is 0.508 e. The minimum Gasteiger partial charge on any atom is -0.508 e. The highest BCUT2D eigenvalue weighted by Gasteiger charge is 2.56. The van der Waals surface area contributed by atoms with Crippen molar-refractivity contribution < 1.29 is 14.9 Å². The van der Waals surface area contributed by atoms with Gasteiger partial charge in [0.1, 0.15) is 5.75 Å². The number of ether oxygens (including phenoxy) is 1. The molecule has 4 unspecified atom stereocenters. The molecular formula is C20H25Cl3O3. The number of hydrogen-bond donors (Lipinski definition) is 2. The maximum absolute atomic E-state index is 10.1. The Labute approximate surface area is 169 Å². The van der Waals surface area contributed by atoms with Crippen molar-refractivity contribution in [3.8, 4) is 5.75 Å². The molecule has 0 saturated heterocycles. The van der Waals surface area contributed by atoms with Crippen LogP contribution in [0.1, 0.15) is 56.1 Å². The zero-order valence-corrected chi connectivity index (χ0v) is 17.1. The number of phenols is 1. The van der Waals surface area contributed by atoms with Gasteiger partial charge in [0.15, 0.2) is 0 Å². The molecule has 2 fully saturated rings. The molecule has 0 amide bonds. The van der Waals surface area contributed by atoms with Gasteiger partial charge in [0, 0.05) is 0 Å². The zero-order chi connectivity index (χ0) is 18.7. The van der Waals surface area contributed by atoms with E-state index in [4.69, 9.17) is 39.5 Å². The van der Waals surface area contributed by atoms with Crippen LogP contribution in [0, 0.1) is 17.3 Å². The average molecular weight is 420 g/mol. The van der Waals surface area contributed by atoms with Crippen molar-refractivity contribution in [2.45, 2.75) is 67.6 Å². The number of halogens is 3. The summed E-state index contributed by atoms with van der Waals surface area (Å²) in [6.45, 7) is 2.28. The molecule has 6 atom stereocenters. The molecule has 3 aliphatic carbocycles. The first-order valence-corrected chi connectivity index (χ1v) is 10.6. The van der Waals surface area contributed by atoms with E-state index in [-0.39, 0.29) is 11.5 Å². The van der Waals surface area contributed by atoms with Gasteiger partial charge in [-0.05, 0) is 85.0 Å². The van der Waals surface area contributed by atoms with Crippen LogP contribution in [0.4, 0.5) is 0 Å². The molecule has 0 bridgehead atoms. The topological polar surface area (TPSA) is 49.7 Å². The number of benzene rings is 1. The molecule has 3 nitrogen and oxygen atoms in total. The molecular weight excluding hydrogens is 395 g/mol. The van der Waals surface area contributed by atoms with Gasteiger partial charge < -0.3 is 14.9 Å². The second kappa shape index (κ2) is 6.70. The van der Waals surface area contributed by atoms with E-state index < -0.39 is 10.1 Å². The number of phenolic OH excluding ortho intramolecular Hbond substituents is 1. The lowest BCUT2D eigenvalue weighted by Gasteiger charge is -2.51. The second-order valence-corrected chi connectivity index (χ2v) is 10.8. The van der Waals surface area contributed by atoms with E-state index in [0.29, 0.717) is 23.5 Å². The third-order valence-corrected chi connectivity index (χ3v) is 7.76. The van der Waals surface area contributed by atoms with Crippen molar-refractivity contribution in [3.63, 3.8) is 0 Å². The van der Waals surface area contributed by atoms with Gasteiger partial charge in [-0.15, -0.1) is 0 Å². The lowest BCUT2D eigenvalue weighted by molar-refractivity contribution is -0.171. The second-order valence-electron chi connectivity index (χ2n) is 8.44. The van der Waals surface area contributed by atoms with Gasteiger partial charge in [0.05, 0.1) is 6.10 Å². The standard InChI is InChI=1S/C20H25Cl3O3/c1-19-9-8-14-13-5-3-12(24)10-11(13)2-4-15(14)16(19)6-7-17(19)26-18(25)20(21,22)23/h3,5,10,14-18,24-25H,2,4,6-9H2,1H3/t14?,15?,16?,17-,18?,19-/m0/s1. The van der Waals surface area contributed by atoms with Crippen LogP contribution in [0.25, 0.3) is 0 Å². The van der Waals surface area contributed by atoms with Gasteiger partial charge in [-0.3, -0.25) is 0 Å². The Bertz CT molecular complexity index is 689. The fourth-order valence-corrected chi connectivity index (χ4v) is 6.13. The predicted octanol–water partition coefficient (Wildman–Crippen LogP) is 5.32. The van der Waals surface area contributed by atoms with Crippen LogP contribution < -0.4 is 0 Å². The molecule has 0 radical (unpaired) electrons. The number of aliphatic hydroxyl groups is 1. The number of fused-ring (bicyclic) bond motifs is 5. The number of alkyl halides is 3. The maximum atomic E-state index is 10.1. The van der Waals surface area contributed by atoms with Gasteiger partial charge in [0.25, 0.3) is 0 Å². The van der Waals surface area contributed by atoms with Gasteiger partial charge in [-0.25, -0.2) is 0 Å². The number of rotatable bonds is 2. The number of hydrogen-bond acceptors (Lipinski definition) is 3. The van der Waals surface area contributed by atoms with Crippen LogP contribution in [0.2, 0.25) is 0 Å². The molecule has 0 heterocycles. The first-order valence-electron chi connectivity index (χ1n) is 9.42. The lowest BCUT2D eigenvalue weighted by atomic mass is 9.55. The van der Waals surface area contributed by atoms with Crippen LogP contribution in [-0.4, -0.2) is 26.4 Å². The molecule has 144 valence electrons. The molecule has 6 heteroatoms. The SMILES string of the molecule is C[C@]12CCC3c4ccc(O)cc4CCC3C1CC[C@@H]2OC(O)C(Cl)(Cl)Cl. The summed E-state index contributed by atoms with van der Waals surface area (Å²) in [5, 5.41) is 19.9.